The van der Waals surface area contributed by atoms with E-state index in [-0.39, 0.29) is 11.4 Å². The number of rotatable bonds is 4. The standard InChI is InChI=1S/C7H16OS/c1-3-5-7(9,4-2)6-8/h8-9H,3-6H2,1-2H3. The lowest BCUT2D eigenvalue weighted by Gasteiger charge is -2.23. The van der Waals surface area contributed by atoms with Crippen molar-refractivity contribution in [3.63, 3.8) is 0 Å². The Hall–Kier alpha value is 0.310. The number of hydrogen-bond donors (Lipinski definition) is 2. The van der Waals surface area contributed by atoms with Gasteiger partial charge in [-0.05, 0) is 12.8 Å². The van der Waals surface area contributed by atoms with Gasteiger partial charge >= 0.3 is 0 Å². The number of hydrogen-bond acceptors (Lipinski definition) is 2. The molecule has 0 bridgehead atoms. The third-order valence-corrected chi connectivity index (χ3v) is 2.35. The van der Waals surface area contributed by atoms with E-state index >= 15 is 0 Å². The molecule has 1 N–H and O–H groups in total. The molecule has 0 aromatic rings. The average molecular weight is 148 g/mol. The van der Waals surface area contributed by atoms with Crippen LogP contribution in [-0.2, 0) is 0 Å². The van der Waals surface area contributed by atoms with E-state index in [1.165, 1.54) is 0 Å². The van der Waals surface area contributed by atoms with E-state index in [0.717, 1.165) is 19.3 Å². The van der Waals surface area contributed by atoms with Gasteiger partial charge in [0.2, 0.25) is 0 Å². The first kappa shape index (κ1) is 9.31. The molecule has 2 heteroatoms. The summed E-state index contributed by atoms with van der Waals surface area (Å²) in [6, 6.07) is 0. The summed E-state index contributed by atoms with van der Waals surface area (Å²) in [4.78, 5) is 0. The van der Waals surface area contributed by atoms with E-state index < -0.39 is 0 Å². The number of aliphatic hydroxyl groups excluding tert-OH is 1. The first-order valence-corrected chi connectivity index (χ1v) is 3.96. The first-order chi connectivity index (χ1) is 4.18. The summed E-state index contributed by atoms with van der Waals surface area (Å²) in [7, 11) is 0. The van der Waals surface area contributed by atoms with Crippen molar-refractivity contribution < 1.29 is 5.11 Å². The Morgan fingerprint density at radius 2 is 2.00 bits per heavy atom. The molecule has 0 aromatic heterocycles. The molecule has 1 atom stereocenters. The van der Waals surface area contributed by atoms with Crippen molar-refractivity contribution in [2.75, 3.05) is 6.61 Å². The maximum absolute atomic E-state index is 8.84. The summed E-state index contributed by atoms with van der Waals surface area (Å²) < 4.78 is -0.116. The third kappa shape index (κ3) is 3.11. The van der Waals surface area contributed by atoms with Crippen LogP contribution in [-0.4, -0.2) is 16.5 Å². The maximum atomic E-state index is 8.84. The van der Waals surface area contributed by atoms with Crippen molar-refractivity contribution in [1.82, 2.24) is 0 Å². The van der Waals surface area contributed by atoms with Crippen LogP contribution in [0.1, 0.15) is 33.1 Å². The summed E-state index contributed by atoms with van der Waals surface area (Å²) in [5.74, 6) is 0. The highest BCUT2D eigenvalue weighted by atomic mass is 32.1. The first-order valence-electron chi connectivity index (χ1n) is 3.51. The molecule has 0 saturated heterocycles. The lowest BCUT2D eigenvalue weighted by Crippen LogP contribution is -2.24. The summed E-state index contributed by atoms with van der Waals surface area (Å²) in [5, 5.41) is 8.84. The minimum atomic E-state index is -0.116. The molecule has 0 rings (SSSR count). The highest BCUT2D eigenvalue weighted by Crippen LogP contribution is 2.23. The van der Waals surface area contributed by atoms with E-state index in [1.807, 2.05) is 0 Å². The molecule has 0 radical (unpaired) electrons. The Labute approximate surface area is 62.9 Å². The molecular weight excluding hydrogens is 132 g/mol. The highest BCUT2D eigenvalue weighted by molar-refractivity contribution is 7.81. The Morgan fingerprint density at radius 3 is 2.11 bits per heavy atom. The van der Waals surface area contributed by atoms with Crippen LogP contribution in [0.3, 0.4) is 0 Å². The molecule has 0 aromatic carbocycles. The lowest BCUT2D eigenvalue weighted by molar-refractivity contribution is 0.237. The van der Waals surface area contributed by atoms with Gasteiger partial charge in [-0.3, -0.25) is 0 Å². The van der Waals surface area contributed by atoms with Gasteiger partial charge in [-0.2, -0.15) is 12.6 Å². The summed E-state index contributed by atoms with van der Waals surface area (Å²) in [6.07, 6.45) is 3.04. The minimum Gasteiger partial charge on any atom is -0.395 e. The van der Waals surface area contributed by atoms with Gasteiger partial charge in [-0.25, -0.2) is 0 Å². The van der Waals surface area contributed by atoms with Crippen molar-refractivity contribution in [3.8, 4) is 0 Å². The zero-order valence-corrected chi connectivity index (χ0v) is 7.12. The quantitative estimate of drug-likeness (QED) is 0.583. The second-order valence-electron chi connectivity index (χ2n) is 2.49. The van der Waals surface area contributed by atoms with Crippen LogP contribution >= 0.6 is 12.6 Å². The predicted molar refractivity (Wildman–Crippen MR) is 44.0 cm³/mol. The van der Waals surface area contributed by atoms with Gasteiger partial charge in [0.15, 0.2) is 0 Å². The Morgan fingerprint density at radius 1 is 1.44 bits per heavy atom. The third-order valence-electron chi connectivity index (χ3n) is 1.67. The van der Waals surface area contributed by atoms with Gasteiger partial charge in [-0.15, -0.1) is 0 Å². The van der Waals surface area contributed by atoms with Crippen molar-refractivity contribution in [2.24, 2.45) is 0 Å². The maximum Gasteiger partial charge on any atom is 0.0575 e. The molecule has 0 amide bonds. The zero-order valence-electron chi connectivity index (χ0n) is 6.22. The van der Waals surface area contributed by atoms with E-state index in [1.54, 1.807) is 0 Å². The highest BCUT2D eigenvalue weighted by Gasteiger charge is 2.19. The number of aliphatic hydroxyl groups is 1. The van der Waals surface area contributed by atoms with E-state index in [4.69, 9.17) is 5.11 Å². The molecule has 0 heterocycles. The molecule has 0 aliphatic carbocycles. The van der Waals surface area contributed by atoms with Crippen molar-refractivity contribution in [1.29, 1.82) is 0 Å². The fourth-order valence-corrected chi connectivity index (χ4v) is 1.06. The lowest BCUT2D eigenvalue weighted by atomic mass is 10.0. The summed E-state index contributed by atoms with van der Waals surface area (Å²) in [6.45, 7) is 4.36. The molecule has 0 spiro atoms. The smallest absolute Gasteiger partial charge is 0.0575 e. The topological polar surface area (TPSA) is 20.2 Å². The Bertz CT molecular complexity index is 69.3. The molecular formula is C7H16OS. The molecule has 0 aliphatic heterocycles. The molecule has 56 valence electrons. The minimum absolute atomic E-state index is 0.116. The molecule has 0 fully saturated rings. The fraction of sp³-hybridized carbons (Fsp3) is 1.00. The fourth-order valence-electron chi connectivity index (χ4n) is 0.833. The molecule has 1 nitrogen and oxygen atoms in total. The van der Waals surface area contributed by atoms with Gasteiger partial charge in [0.1, 0.15) is 0 Å². The average Bonchev–Trinajstić information content (AvgIpc) is 1.89. The molecule has 0 aliphatic rings. The van der Waals surface area contributed by atoms with Gasteiger partial charge in [0, 0.05) is 4.75 Å². The summed E-state index contributed by atoms with van der Waals surface area (Å²) in [5.41, 5.74) is 0. The van der Waals surface area contributed by atoms with Crippen LogP contribution in [0, 0.1) is 0 Å². The van der Waals surface area contributed by atoms with Gasteiger partial charge < -0.3 is 5.11 Å². The van der Waals surface area contributed by atoms with Crippen molar-refractivity contribution >= 4 is 12.6 Å². The Kier molecular flexibility index (Phi) is 4.32. The second kappa shape index (κ2) is 4.18. The van der Waals surface area contributed by atoms with Crippen LogP contribution < -0.4 is 0 Å². The van der Waals surface area contributed by atoms with Gasteiger partial charge in [0.05, 0.1) is 6.61 Å². The van der Waals surface area contributed by atoms with Gasteiger partial charge in [0.25, 0.3) is 0 Å². The number of thiol groups is 1. The normalized spacial score (nSPS) is 17.3. The van der Waals surface area contributed by atoms with Crippen LogP contribution in [0.15, 0.2) is 0 Å². The molecule has 0 saturated carbocycles. The van der Waals surface area contributed by atoms with E-state index in [2.05, 4.69) is 26.5 Å². The van der Waals surface area contributed by atoms with Crippen LogP contribution in [0.2, 0.25) is 0 Å². The van der Waals surface area contributed by atoms with Gasteiger partial charge in [-0.1, -0.05) is 20.3 Å². The predicted octanol–water partition coefficient (Wildman–Crippen LogP) is 1.86. The van der Waals surface area contributed by atoms with Crippen molar-refractivity contribution in [3.05, 3.63) is 0 Å². The van der Waals surface area contributed by atoms with Crippen LogP contribution in [0.4, 0.5) is 0 Å². The SMILES string of the molecule is CCCC(S)(CC)CO. The van der Waals surface area contributed by atoms with E-state index in [0.29, 0.717) is 0 Å². The monoisotopic (exact) mass is 148 g/mol. The van der Waals surface area contributed by atoms with E-state index in [9.17, 15) is 0 Å². The Balaban J connectivity index is 3.62. The zero-order chi connectivity index (χ0) is 7.33. The van der Waals surface area contributed by atoms with Crippen LogP contribution in [0.25, 0.3) is 0 Å². The molecule has 1 unspecified atom stereocenters. The largest absolute Gasteiger partial charge is 0.395 e. The molecule has 9 heavy (non-hydrogen) atoms. The second-order valence-corrected chi connectivity index (χ2v) is 3.43. The van der Waals surface area contributed by atoms with Crippen molar-refractivity contribution in [2.45, 2.75) is 37.9 Å². The summed E-state index contributed by atoms with van der Waals surface area (Å²) >= 11 is 4.35. The van der Waals surface area contributed by atoms with Crippen LogP contribution in [0.5, 0.6) is 0 Å².